The lowest BCUT2D eigenvalue weighted by Crippen LogP contribution is -2.22. The lowest BCUT2D eigenvalue weighted by Gasteiger charge is -2.06. The lowest BCUT2D eigenvalue weighted by molar-refractivity contribution is -0.121. The molecule has 0 radical (unpaired) electrons. The highest BCUT2D eigenvalue weighted by Gasteiger charge is 2.08. The molecule has 0 spiro atoms. The third-order valence-electron chi connectivity index (χ3n) is 3.51. The van der Waals surface area contributed by atoms with Crippen LogP contribution in [0.4, 0.5) is 0 Å². The van der Waals surface area contributed by atoms with Gasteiger partial charge in [-0.05, 0) is 45.8 Å². The maximum Gasteiger partial charge on any atom is 0.260 e. The van der Waals surface area contributed by atoms with Crippen LogP contribution in [-0.2, 0) is 11.3 Å². The summed E-state index contributed by atoms with van der Waals surface area (Å²) in [5, 5.41) is 13.7. The molecule has 1 heterocycles. The Labute approximate surface area is 152 Å². The van der Waals surface area contributed by atoms with Gasteiger partial charge >= 0.3 is 0 Å². The molecule has 0 saturated heterocycles. The van der Waals surface area contributed by atoms with E-state index in [2.05, 4.69) is 31.4 Å². The summed E-state index contributed by atoms with van der Waals surface area (Å²) in [4.78, 5) is 16.3. The van der Waals surface area contributed by atoms with Crippen molar-refractivity contribution in [3.8, 4) is 11.5 Å². The van der Waals surface area contributed by atoms with Crippen molar-refractivity contribution in [3.05, 3.63) is 52.8 Å². The van der Waals surface area contributed by atoms with Gasteiger partial charge in [0, 0.05) is 0 Å². The van der Waals surface area contributed by atoms with Crippen molar-refractivity contribution in [2.45, 2.75) is 6.54 Å². The number of hydrogen-bond donors (Lipinski definition) is 2. The van der Waals surface area contributed by atoms with Gasteiger partial charge in [-0.3, -0.25) is 4.79 Å². The molecule has 8 heteroatoms. The highest BCUT2D eigenvalue weighted by Crippen LogP contribution is 2.34. The number of aromatic hydroxyl groups is 1. The summed E-state index contributed by atoms with van der Waals surface area (Å²) in [5.41, 5.74) is 4.85. The maximum absolute atomic E-state index is 12.0. The number of nitrogens with zero attached hydrogens (tertiary/aromatic N) is 3. The van der Waals surface area contributed by atoms with Crippen LogP contribution in [0.15, 0.2) is 52.3 Å². The van der Waals surface area contributed by atoms with Crippen molar-refractivity contribution in [2.24, 2.45) is 5.10 Å². The Morgan fingerprint density at radius 1 is 1.44 bits per heavy atom. The van der Waals surface area contributed by atoms with Gasteiger partial charge in [0.05, 0.1) is 35.2 Å². The van der Waals surface area contributed by atoms with Crippen LogP contribution in [0.3, 0.4) is 0 Å². The average Bonchev–Trinajstić information content (AvgIpc) is 3.01. The van der Waals surface area contributed by atoms with Crippen LogP contribution in [0.1, 0.15) is 5.56 Å². The number of aromatic nitrogens is 2. The van der Waals surface area contributed by atoms with E-state index >= 15 is 0 Å². The fraction of sp³-hybridized carbons (Fsp3) is 0.118. The first-order valence-electron chi connectivity index (χ1n) is 7.37. The van der Waals surface area contributed by atoms with Crippen LogP contribution in [0.5, 0.6) is 11.5 Å². The Bertz CT molecular complexity index is 952. The van der Waals surface area contributed by atoms with Crippen LogP contribution in [0.2, 0.25) is 0 Å². The number of hydrogen-bond acceptors (Lipinski definition) is 5. The number of halogens is 1. The van der Waals surface area contributed by atoms with E-state index in [0.29, 0.717) is 15.8 Å². The predicted molar refractivity (Wildman–Crippen MR) is 97.8 cm³/mol. The maximum atomic E-state index is 12.0. The second-order valence-corrected chi connectivity index (χ2v) is 6.06. The molecule has 0 fully saturated rings. The number of methoxy groups -OCH3 is 1. The first-order chi connectivity index (χ1) is 12.1. The molecule has 2 aromatic carbocycles. The number of phenols is 1. The molecule has 3 rings (SSSR count). The minimum Gasteiger partial charge on any atom is -0.503 e. The summed E-state index contributed by atoms with van der Waals surface area (Å²) in [5.74, 6) is 0.0481. The molecule has 0 saturated carbocycles. The van der Waals surface area contributed by atoms with E-state index in [1.54, 1.807) is 23.0 Å². The summed E-state index contributed by atoms with van der Waals surface area (Å²) in [6, 6.07) is 10.9. The smallest absolute Gasteiger partial charge is 0.260 e. The molecule has 0 aliphatic heterocycles. The second-order valence-electron chi connectivity index (χ2n) is 5.21. The normalized spacial score (nSPS) is 11.1. The van der Waals surface area contributed by atoms with Crippen LogP contribution in [0.25, 0.3) is 11.0 Å². The van der Waals surface area contributed by atoms with Gasteiger partial charge < -0.3 is 14.4 Å². The van der Waals surface area contributed by atoms with Gasteiger partial charge in [0.2, 0.25) is 0 Å². The van der Waals surface area contributed by atoms with Gasteiger partial charge in [-0.15, -0.1) is 0 Å². The van der Waals surface area contributed by atoms with Crippen molar-refractivity contribution >= 4 is 39.1 Å². The molecule has 1 amide bonds. The number of nitrogens with one attached hydrogen (secondary N) is 1. The SMILES string of the molecule is COc1cc(/C=N/NC(=O)Cn2cnc3ccccc32)cc(Br)c1O. The molecule has 128 valence electrons. The van der Waals surface area contributed by atoms with E-state index in [9.17, 15) is 9.90 Å². The summed E-state index contributed by atoms with van der Waals surface area (Å²) in [6.07, 6.45) is 3.09. The Morgan fingerprint density at radius 3 is 3.04 bits per heavy atom. The van der Waals surface area contributed by atoms with Crippen molar-refractivity contribution in [3.63, 3.8) is 0 Å². The number of carbonyl (C=O) groups excluding carboxylic acids is 1. The standard InChI is InChI=1S/C17H15BrN4O3/c1-25-15-7-11(6-12(18)17(15)24)8-20-21-16(23)9-22-10-19-13-4-2-3-5-14(13)22/h2-8,10,24H,9H2,1H3,(H,21,23)/b20-8+. The number of carbonyl (C=O) groups is 1. The van der Waals surface area contributed by atoms with E-state index < -0.39 is 0 Å². The van der Waals surface area contributed by atoms with E-state index in [-0.39, 0.29) is 18.2 Å². The van der Waals surface area contributed by atoms with Crippen molar-refractivity contribution in [2.75, 3.05) is 7.11 Å². The number of amides is 1. The summed E-state index contributed by atoms with van der Waals surface area (Å²) in [7, 11) is 1.46. The van der Waals surface area contributed by atoms with Crippen molar-refractivity contribution in [1.82, 2.24) is 15.0 Å². The van der Waals surface area contributed by atoms with Crippen molar-refractivity contribution in [1.29, 1.82) is 0 Å². The van der Waals surface area contributed by atoms with Gasteiger partial charge in [-0.1, -0.05) is 12.1 Å². The zero-order chi connectivity index (χ0) is 17.8. The first kappa shape index (κ1) is 17.0. The molecule has 1 aromatic heterocycles. The predicted octanol–water partition coefficient (Wildman–Crippen LogP) is 2.66. The Kier molecular flexibility index (Phi) is 4.99. The van der Waals surface area contributed by atoms with Gasteiger partial charge in [-0.2, -0.15) is 5.10 Å². The molecule has 0 aliphatic carbocycles. The van der Waals surface area contributed by atoms with E-state index in [1.165, 1.54) is 13.3 Å². The number of ether oxygens (including phenoxy) is 1. The number of hydrazone groups is 1. The number of para-hydroxylation sites is 2. The first-order valence-corrected chi connectivity index (χ1v) is 8.16. The largest absolute Gasteiger partial charge is 0.503 e. The number of phenolic OH excluding ortho intramolecular Hbond substituents is 1. The molecule has 0 unspecified atom stereocenters. The molecule has 0 atom stereocenters. The second kappa shape index (κ2) is 7.35. The molecular weight excluding hydrogens is 388 g/mol. The van der Waals surface area contributed by atoms with Gasteiger partial charge in [0.1, 0.15) is 6.54 Å². The number of benzene rings is 2. The highest BCUT2D eigenvalue weighted by atomic mass is 79.9. The zero-order valence-corrected chi connectivity index (χ0v) is 14.9. The Hall–Kier alpha value is -2.87. The summed E-state index contributed by atoms with van der Waals surface area (Å²) in [6.45, 7) is 0.112. The molecule has 25 heavy (non-hydrogen) atoms. The average molecular weight is 403 g/mol. The molecule has 3 aromatic rings. The topological polar surface area (TPSA) is 88.7 Å². The zero-order valence-electron chi connectivity index (χ0n) is 13.3. The van der Waals surface area contributed by atoms with Crippen LogP contribution in [0, 0.1) is 0 Å². The minimum absolute atomic E-state index is 0.00988. The highest BCUT2D eigenvalue weighted by molar-refractivity contribution is 9.10. The quantitative estimate of drug-likeness (QED) is 0.507. The van der Waals surface area contributed by atoms with Gasteiger partial charge in [-0.25, -0.2) is 10.4 Å². The third-order valence-corrected chi connectivity index (χ3v) is 4.12. The molecule has 0 bridgehead atoms. The van der Waals surface area contributed by atoms with E-state index in [1.807, 2.05) is 24.3 Å². The van der Waals surface area contributed by atoms with Gasteiger partial charge in [0.15, 0.2) is 11.5 Å². The summed E-state index contributed by atoms with van der Waals surface area (Å²) >= 11 is 3.23. The van der Waals surface area contributed by atoms with Gasteiger partial charge in [0.25, 0.3) is 5.91 Å². The van der Waals surface area contributed by atoms with Crippen LogP contribution < -0.4 is 10.2 Å². The number of fused-ring (bicyclic) bond motifs is 1. The molecular formula is C17H15BrN4O3. The lowest BCUT2D eigenvalue weighted by atomic mass is 10.2. The minimum atomic E-state index is -0.274. The Balaban J connectivity index is 1.66. The molecule has 0 aliphatic rings. The number of imidazole rings is 1. The van der Waals surface area contributed by atoms with E-state index in [0.717, 1.165) is 11.0 Å². The van der Waals surface area contributed by atoms with Crippen LogP contribution in [-0.4, -0.2) is 33.9 Å². The third kappa shape index (κ3) is 3.80. The fourth-order valence-corrected chi connectivity index (χ4v) is 2.79. The Morgan fingerprint density at radius 2 is 2.24 bits per heavy atom. The molecule has 2 N–H and O–H groups in total. The summed E-state index contributed by atoms with van der Waals surface area (Å²) < 4.78 is 7.29. The van der Waals surface area contributed by atoms with E-state index in [4.69, 9.17) is 4.74 Å². The molecule has 7 nitrogen and oxygen atoms in total. The van der Waals surface area contributed by atoms with Crippen LogP contribution >= 0.6 is 15.9 Å². The fourth-order valence-electron chi connectivity index (χ4n) is 2.33. The monoisotopic (exact) mass is 402 g/mol. The number of rotatable bonds is 5. The van der Waals surface area contributed by atoms with Crippen molar-refractivity contribution < 1.29 is 14.6 Å².